The molecular formula is C18H23N3O3. The van der Waals surface area contributed by atoms with Crippen molar-refractivity contribution in [3.8, 4) is 5.75 Å². The molecule has 6 heteroatoms. The molecule has 128 valence electrons. The number of hydrogen-bond donors (Lipinski definition) is 0. The Morgan fingerprint density at radius 3 is 3.04 bits per heavy atom. The Labute approximate surface area is 141 Å². The van der Waals surface area contributed by atoms with Crippen LogP contribution in [0.15, 0.2) is 22.7 Å². The Morgan fingerprint density at radius 1 is 1.29 bits per heavy atom. The van der Waals surface area contributed by atoms with Gasteiger partial charge in [-0.25, -0.2) is 0 Å². The third kappa shape index (κ3) is 3.30. The van der Waals surface area contributed by atoms with Crippen molar-refractivity contribution in [3.63, 3.8) is 0 Å². The van der Waals surface area contributed by atoms with Gasteiger partial charge >= 0.3 is 0 Å². The van der Waals surface area contributed by atoms with Crippen LogP contribution >= 0.6 is 0 Å². The summed E-state index contributed by atoms with van der Waals surface area (Å²) in [5.41, 5.74) is 2.70. The molecule has 3 heterocycles. The second-order valence-corrected chi connectivity index (χ2v) is 6.67. The molecule has 1 aromatic heterocycles. The number of nitrogens with zero attached hydrogens (tertiary/aromatic N) is 3. The molecule has 1 saturated heterocycles. The summed E-state index contributed by atoms with van der Waals surface area (Å²) < 4.78 is 16.8. The summed E-state index contributed by atoms with van der Waals surface area (Å²) in [6.45, 7) is 7.45. The average molecular weight is 329 g/mol. The summed E-state index contributed by atoms with van der Waals surface area (Å²) in [6, 6.07) is 6.56. The maximum atomic E-state index is 5.97. The summed E-state index contributed by atoms with van der Waals surface area (Å²) in [6.07, 6.45) is 2.07. The van der Waals surface area contributed by atoms with E-state index in [1.807, 2.05) is 6.92 Å². The SMILES string of the molecule is Cc1noc([C@H]2CN(CCc3ccc4c(c3)CCO4)C[C@@H](C)O2)n1. The summed E-state index contributed by atoms with van der Waals surface area (Å²) in [7, 11) is 0. The van der Waals surface area contributed by atoms with Crippen molar-refractivity contribution in [1.29, 1.82) is 0 Å². The first-order chi connectivity index (χ1) is 11.7. The molecule has 0 radical (unpaired) electrons. The van der Waals surface area contributed by atoms with Crippen molar-refractivity contribution in [1.82, 2.24) is 15.0 Å². The number of benzene rings is 1. The van der Waals surface area contributed by atoms with Crippen molar-refractivity contribution in [2.75, 3.05) is 26.2 Å². The van der Waals surface area contributed by atoms with Crippen molar-refractivity contribution < 1.29 is 14.0 Å². The van der Waals surface area contributed by atoms with Crippen molar-refractivity contribution in [3.05, 3.63) is 41.0 Å². The minimum absolute atomic E-state index is 0.136. The van der Waals surface area contributed by atoms with Gasteiger partial charge in [-0.1, -0.05) is 17.3 Å². The summed E-state index contributed by atoms with van der Waals surface area (Å²) in [4.78, 5) is 6.74. The van der Waals surface area contributed by atoms with E-state index >= 15 is 0 Å². The van der Waals surface area contributed by atoms with E-state index in [2.05, 4.69) is 40.2 Å². The van der Waals surface area contributed by atoms with Gasteiger partial charge in [-0.2, -0.15) is 4.98 Å². The minimum atomic E-state index is -0.136. The fourth-order valence-corrected chi connectivity index (χ4v) is 3.48. The van der Waals surface area contributed by atoms with E-state index in [9.17, 15) is 0 Å². The predicted molar refractivity (Wildman–Crippen MR) is 88.1 cm³/mol. The van der Waals surface area contributed by atoms with Crippen LogP contribution in [0.25, 0.3) is 0 Å². The molecule has 2 aromatic rings. The topological polar surface area (TPSA) is 60.6 Å². The Kier molecular flexibility index (Phi) is 4.24. The Morgan fingerprint density at radius 2 is 2.21 bits per heavy atom. The highest BCUT2D eigenvalue weighted by atomic mass is 16.5. The number of aryl methyl sites for hydroxylation is 1. The molecule has 2 aliphatic rings. The minimum Gasteiger partial charge on any atom is -0.493 e. The van der Waals surface area contributed by atoms with Crippen molar-refractivity contribution >= 4 is 0 Å². The zero-order valence-corrected chi connectivity index (χ0v) is 14.2. The molecule has 0 amide bonds. The number of aromatic nitrogens is 2. The lowest BCUT2D eigenvalue weighted by Gasteiger charge is -2.35. The number of hydrogen-bond acceptors (Lipinski definition) is 6. The first-order valence-electron chi connectivity index (χ1n) is 8.60. The highest BCUT2D eigenvalue weighted by Gasteiger charge is 2.30. The van der Waals surface area contributed by atoms with Crippen LogP contribution in [0.5, 0.6) is 5.75 Å². The van der Waals surface area contributed by atoms with Crippen LogP contribution in [0.1, 0.15) is 35.9 Å². The van der Waals surface area contributed by atoms with E-state index in [4.69, 9.17) is 14.0 Å². The maximum absolute atomic E-state index is 5.97. The normalized spacial score (nSPS) is 23.9. The van der Waals surface area contributed by atoms with E-state index in [0.29, 0.717) is 11.7 Å². The van der Waals surface area contributed by atoms with Gasteiger partial charge in [-0.3, -0.25) is 4.90 Å². The van der Waals surface area contributed by atoms with Gasteiger partial charge in [-0.05, 0) is 37.5 Å². The van der Waals surface area contributed by atoms with Crippen LogP contribution in [0, 0.1) is 6.92 Å². The van der Waals surface area contributed by atoms with Crippen LogP contribution in [0.3, 0.4) is 0 Å². The van der Waals surface area contributed by atoms with E-state index in [1.54, 1.807) is 0 Å². The third-order valence-corrected chi connectivity index (χ3v) is 4.63. The van der Waals surface area contributed by atoms with Crippen LogP contribution in [-0.2, 0) is 17.6 Å². The highest BCUT2D eigenvalue weighted by Crippen LogP contribution is 2.27. The number of morpholine rings is 1. The van der Waals surface area contributed by atoms with Crippen molar-refractivity contribution in [2.24, 2.45) is 0 Å². The summed E-state index contributed by atoms with van der Waals surface area (Å²) in [5.74, 6) is 2.28. The molecule has 0 saturated carbocycles. The average Bonchev–Trinajstić information content (AvgIpc) is 3.20. The van der Waals surface area contributed by atoms with Gasteiger partial charge in [0.1, 0.15) is 11.9 Å². The van der Waals surface area contributed by atoms with Crippen LogP contribution in [-0.4, -0.2) is 47.4 Å². The Hall–Kier alpha value is -1.92. The monoisotopic (exact) mass is 329 g/mol. The Balaban J connectivity index is 1.38. The molecule has 6 nitrogen and oxygen atoms in total. The lowest BCUT2D eigenvalue weighted by atomic mass is 10.1. The second-order valence-electron chi connectivity index (χ2n) is 6.67. The van der Waals surface area contributed by atoms with Crippen LogP contribution in [0.4, 0.5) is 0 Å². The zero-order chi connectivity index (χ0) is 16.5. The van der Waals surface area contributed by atoms with Crippen LogP contribution < -0.4 is 4.74 Å². The lowest BCUT2D eigenvalue weighted by molar-refractivity contribution is -0.0903. The Bertz CT molecular complexity index is 715. The number of fused-ring (bicyclic) bond motifs is 1. The first kappa shape index (κ1) is 15.6. The molecule has 2 aliphatic heterocycles. The molecule has 1 aromatic carbocycles. The molecule has 1 fully saturated rings. The molecule has 0 N–H and O–H groups in total. The fraction of sp³-hybridized carbons (Fsp3) is 0.556. The smallest absolute Gasteiger partial charge is 0.257 e. The molecule has 2 atom stereocenters. The molecule has 0 unspecified atom stereocenters. The van der Waals surface area contributed by atoms with Gasteiger partial charge in [0.05, 0.1) is 12.7 Å². The van der Waals surface area contributed by atoms with Gasteiger partial charge < -0.3 is 14.0 Å². The first-order valence-corrected chi connectivity index (χ1v) is 8.60. The largest absolute Gasteiger partial charge is 0.493 e. The highest BCUT2D eigenvalue weighted by molar-refractivity contribution is 5.39. The fourth-order valence-electron chi connectivity index (χ4n) is 3.48. The summed E-state index contributed by atoms with van der Waals surface area (Å²) in [5, 5.41) is 3.87. The van der Waals surface area contributed by atoms with Gasteiger partial charge in [0, 0.05) is 26.1 Å². The molecule has 0 bridgehead atoms. The third-order valence-electron chi connectivity index (χ3n) is 4.63. The van der Waals surface area contributed by atoms with Gasteiger partial charge in [0.2, 0.25) is 0 Å². The lowest BCUT2D eigenvalue weighted by Crippen LogP contribution is -2.43. The number of rotatable bonds is 4. The van der Waals surface area contributed by atoms with Crippen molar-refractivity contribution in [2.45, 2.75) is 38.9 Å². The molecular weight excluding hydrogens is 306 g/mol. The zero-order valence-electron chi connectivity index (χ0n) is 14.2. The van der Waals surface area contributed by atoms with Gasteiger partial charge in [0.15, 0.2) is 5.82 Å². The van der Waals surface area contributed by atoms with Gasteiger partial charge in [0.25, 0.3) is 5.89 Å². The van der Waals surface area contributed by atoms with E-state index in [-0.39, 0.29) is 12.2 Å². The maximum Gasteiger partial charge on any atom is 0.257 e. The quantitative estimate of drug-likeness (QED) is 0.858. The van der Waals surface area contributed by atoms with E-state index < -0.39 is 0 Å². The molecule has 4 rings (SSSR count). The predicted octanol–water partition coefficient (Wildman–Crippen LogP) is 2.32. The van der Waals surface area contributed by atoms with E-state index in [1.165, 1.54) is 11.1 Å². The standard InChI is InChI=1S/C18H23N3O3/c1-12-10-21(11-17(23-12)18-19-13(2)20-24-18)7-5-14-3-4-16-15(9-14)6-8-22-16/h3-4,9,12,17H,5-8,10-11H2,1-2H3/t12-,17-/m1/s1. The van der Waals surface area contributed by atoms with Crippen LogP contribution in [0.2, 0.25) is 0 Å². The molecule has 0 aliphatic carbocycles. The second kappa shape index (κ2) is 6.53. The summed E-state index contributed by atoms with van der Waals surface area (Å²) >= 11 is 0. The van der Waals surface area contributed by atoms with E-state index in [0.717, 1.165) is 44.8 Å². The number of ether oxygens (including phenoxy) is 2. The molecule has 0 spiro atoms. The van der Waals surface area contributed by atoms with Gasteiger partial charge in [-0.15, -0.1) is 0 Å². The molecule has 24 heavy (non-hydrogen) atoms.